The Bertz CT molecular complexity index is 741. The van der Waals surface area contributed by atoms with Gasteiger partial charge in [-0.2, -0.15) is 0 Å². The number of anilines is 1. The third-order valence-electron chi connectivity index (χ3n) is 3.64. The van der Waals surface area contributed by atoms with Crippen LogP contribution in [0.5, 0.6) is 0 Å². The number of carbonyl (C=O) groups is 1. The molecule has 112 valence electrons. The largest absolute Gasteiger partial charge is 0.324 e. The number of aryl methyl sites for hydroxylation is 2. The first-order chi connectivity index (χ1) is 10.7. The van der Waals surface area contributed by atoms with Gasteiger partial charge in [0.2, 0.25) is 11.9 Å². The van der Waals surface area contributed by atoms with E-state index in [4.69, 9.17) is 0 Å². The van der Waals surface area contributed by atoms with E-state index in [1.165, 1.54) is 11.1 Å². The van der Waals surface area contributed by atoms with E-state index in [1.54, 1.807) is 0 Å². The number of aromatic nitrogens is 2. The van der Waals surface area contributed by atoms with Crippen LogP contribution < -0.4 is 5.32 Å². The summed E-state index contributed by atoms with van der Waals surface area (Å²) < 4.78 is 0. The van der Waals surface area contributed by atoms with Gasteiger partial charge in [0.05, 0.1) is 11.0 Å². The van der Waals surface area contributed by atoms with Crippen molar-refractivity contribution in [1.82, 2.24) is 9.97 Å². The minimum Gasteiger partial charge on any atom is -0.324 e. The van der Waals surface area contributed by atoms with Crippen molar-refractivity contribution in [1.29, 1.82) is 0 Å². The SMILES string of the molecule is Cc1ccc(CCCC(=O)Nc2nc3ccccc3[nH]2)cc1. The summed E-state index contributed by atoms with van der Waals surface area (Å²) in [7, 11) is 0. The number of imidazole rings is 1. The molecule has 3 aromatic rings. The second kappa shape index (κ2) is 6.43. The molecular weight excluding hydrogens is 274 g/mol. The van der Waals surface area contributed by atoms with Gasteiger partial charge in [0, 0.05) is 6.42 Å². The Balaban J connectivity index is 1.50. The summed E-state index contributed by atoms with van der Waals surface area (Å²) in [5.41, 5.74) is 4.31. The van der Waals surface area contributed by atoms with Gasteiger partial charge in [-0.05, 0) is 37.5 Å². The van der Waals surface area contributed by atoms with Crippen molar-refractivity contribution < 1.29 is 4.79 Å². The maximum atomic E-state index is 12.0. The van der Waals surface area contributed by atoms with Crippen LogP contribution in [-0.2, 0) is 11.2 Å². The van der Waals surface area contributed by atoms with Gasteiger partial charge in [0.1, 0.15) is 0 Å². The van der Waals surface area contributed by atoms with Gasteiger partial charge < -0.3 is 4.98 Å². The van der Waals surface area contributed by atoms with Crippen molar-refractivity contribution in [2.75, 3.05) is 5.32 Å². The molecule has 3 rings (SSSR count). The summed E-state index contributed by atoms with van der Waals surface area (Å²) in [5.74, 6) is 0.507. The molecule has 0 bridgehead atoms. The zero-order valence-corrected chi connectivity index (χ0v) is 12.6. The minimum absolute atomic E-state index is 0.00818. The first-order valence-electron chi connectivity index (χ1n) is 7.51. The lowest BCUT2D eigenvalue weighted by molar-refractivity contribution is -0.116. The Kier molecular flexibility index (Phi) is 4.19. The second-order valence-electron chi connectivity index (χ2n) is 5.49. The third kappa shape index (κ3) is 3.52. The van der Waals surface area contributed by atoms with E-state index in [1.807, 2.05) is 24.3 Å². The van der Waals surface area contributed by atoms with Gasteiger partial charge in [0.25, 0.3) is 0 Å². The van der Waals surface area contributed by atoms with Crippen LogP contribution in [-0.4, -0.2) is 15.9 Å². The number of aromatic amines is 1. The fourth-order valence-corrected chi connectivity index (χ4v) is 2.41. The Morgan fingerprint density at radius 3 is 2.68 bits per heavy atom. The van der Waals surface area contributed by atoms with E-state index < -0.39 is 0 Å². The molecule has 0 fully saturated rings. The predicted molar refractivity (Wildman–Crippen MR) is 88.8 cm³/mol. The number of amides is 1. The summed E-state index contributed by atoms with van der Waals surface area (Å²) >= 11 is 0. The fourth-order valence-electron chi connectivity index (χ4n) is 2.41. The molecule has 0 saturated heterocycles. The van der Waals surface area contributed by atoms with Gasteiger partial charge in [-0.1, -0.05) is 42.0 Å². The molecule has 4 heteroatoms. The first kappa shape index (κ1) is 14.3. The molecular formula is C18H19N3O. The molecule has 0 aliphatic heterocycles. The standard InChI is InChI=1S/C18H19N3O/c1-13-9-11-14(12-10-13)5-4-8-17(22)21-18-19-15-6-2-3-7-16(15)20-18/h2-3,6-7,9-12H,4-5,8H2,1H3,(H2,19,20,21,22). The van der Waals surface area contributed by atoms with E-state index in [0.717, 1.165) is 23.9 Å². The molecule has 0 aliphatic carbocycles. The predicted octanol–water partition coefficient (Wildman–Crippen LogP) is 3.83. The van der Waals surface area contributed by atoms with Gasteiger partial charge in [-0.15, -0.1) is 0 Å². The summed E-state index contributed by atoms with van der Waals surface area (Å²) in [5, 5.41) is 2.82. The van der Waals surface area contributed by atoms with Crippen molar-refractivity contribution in [3.05, 3.63) is 59.7 Å². The Morgan fingerprint density at radius 2 is 1.91 bits per heavy atom. The molecule has 2 aromatic carbocycles. The maximum Gasteiger partial charge on any atom is 0.226 e. The van der Waals surface area contributed by atoms with Crippen LogP contribution in [0.1, 0.15) is 24.0 Å². The van der Waals surface area contributed by atoms with Crippen LogP contribution in [0.3, 0.4) is 0 Å². The highest BCUT2D eigenvalue weighted by Crippen LogP contribution is 2.14. The monoisotopic (exact) mass is 293 g/mol. The number of H-pyrrole nitrogens is 1. The number of benzene rings is 2. The van der Waals surface area contributed by atoms with Gasteiger partial charge >= 0.3 is 0 Å². The van der Waals surface area contributed by atoms with Gasteiger partial charge in [0.15, 0.2) is 0 Å². The average molecular weight is 293 g/mol. The molecule has 0 atom stereocenters. The molecule has 1 aromatic heterocycles. The van der Waals surface area contributed by atoms with Crippen LogP contribution in [0, 0.1) is 6.92 Å². The van der Waals surface area contributed by atoms with E-state index >= 15 is 0 Å². The van der Waals surface area contributed by atoms with E-state index in [9.17, 15) is 4.79 Å². The highest BCUT2D eigenvalue weighted by Gasteiger charge is 2.06. The van der Waals surface area contributed by atoms with Crippen LogP contribution in [0.15, 0.2) is 48.5 Å². The molecule has 0 aliphatic rings. The number of nitrogens with one attached hydrogen (secondary N) is 2. The number of nitrogens with zero attached hydrogens (tertiary/aromatic N) is 1. The van der Waals surface area contributed by atoms with Gasteiger partial charge in [-0.3, -0.25) is 10.1 Å². The molecule has 22 heavy (non-hydrogen) atoms. The number of fused-ring (bicyclic) bond motifs is 1. The summed E-state index contributed by atoms with van der Waals surface area (Å²) in [6, 6.07) is 16.2. The molecule has 0 spiro atoms. The summed E-state index contributed by atoms with van der Waals surface area (Å²) in [6.45, 7) is 2.07. The minimum atomic E-state index is -0.00818. The van der Waals surface area contributed by atoms with E-state index in [0.29, 0.717) is 12.4 Å². The third-order valence-corrected chi connectivity index (χ3v) is 3.64. The molecule has 1 amide bonds. The van der Waals surface area contributed by atoms with Crippen molar-refractivity contribution >= 4 is 22.9 Å². The van der Waals surface area contributed by atoms with Crippen molar-refractivity contribution in [3.63, 3.8) is 0 Å². The number of carbonyl (C=O) groups excluding carboxylic acids is 1. The smallest absolute Gasteiger partial charge is 0.226 e. The Labute approximate surface area is 129 Å². The van der Waals surface area contributed by atoms with Crippen LogP contribution >= 0.6 is 0 Å². The Morgan fingerprint density at radius 1 is 1.14 bits per heavy atom. The number of hydrogen-bond donors (Lipinski definition) is 2. The van der Waals surface area contributed by atoms with Crippen LogP contribution in [0.2, 0.25) is 0 Å². The molecule has 0 unspecified atom stereocenters. The number of rotatable bonds is 5. The zero-order chi connectivity index (χ0) is 15.4. The number of para-hydroxylation sites is 2. The maximum absolute atomic E-state index is 12.0. The van der Waals surface area contributed by atoms with Crippen molar-refractivity contribution in [3.8, 4) is 0 Å². The molecule has 0 saturated carbocycles. The first-order valence-corrected chi connectivity index (χ1v) is 7.51. The fraction of sp³-hybridized carbons (Fsp3) is 0.222. The van der Waals surface area contributed by atoms with Crippen molar-refractivity contribution in [2.45, 2.75) is 26.2 Å². The summed E-state index contributed by atoms with van der Waals surface area (Å²) in [4.78, 5) is 19.4. The molecule has 2 N–H and O–H groups in total. The second-order valence-corrected chi connectivity index (χ2v) is 5.49. The molecule has 1 heterocycles. The highest BCUT2D eigenvalue weighted by molar-refractivity contribution is 5.91. The summed E-state index contributed by atoms with van der Waals surface area (Å²) in [6.07, 6.45) is 2.23. The lowest BCUT2D eigenvalue weighted by Crippen LogP contribution is -2.12. The average Bonchev–Trinajstić information content (AvgIpc) is 2.91. The molecule has 4 nitrogen and oxygen atoms in total. The van der Waals surface area contributed by atoms with Gasteiger partial charge in [-0.25, -0.2) is 4.98 Å². The van der Waals surface area contributed by atoms with Crippen LogP contribution in [0.25, 0.3) is 11.0 Å². The van der Waals surface area contributed by atoms with Crippen LogP contribution in [0.4, 0.5) is 5.95 Å². The molecule has 0 radical (unpaired) electrons. The normalized spacial score (nSPS) is 10.8. The Hall–Kier alpha value is -2.62. The lowest BCUT2D eigenvalue weighted by atomic mass is 10.1. The highest BCUT2D eigenvalue weighted by atomic mass is 16.1. The quantitative estimate of drug-likeness (QED) is 0.751. The van der Waals surface area contributed by atoms with Crippen molar-refractivity contribution in [2.24, 2.45) is 0 Å². The lowest BCUT2D eigenvalue weighted by Gasteiger charge is -2.03. The number of hydrogen-bond acceptors (Lipinski definition) is 2. The van der Waals surface area contributed by atoms with E-state index in [-0.39, 0.29) is 5.91 Å². The van der Waals surface area contributed by atoms with E-state index in [2.05, 4.69) is 46.5 Å². The zero-order valence-electron chi connectivity index (χ0n) is 12.6. The topological polar surface area (TPSA) is 57.8 Å².